The van der Waals surface area contributed by atoms with E-state index in [4.69, 9.17) is 21.7 Å². The van der Waals surface area contributed by atoms with Crippen LogP contribution in [0, 0.1) is 20.8 Å². The third-order valence-corrected chi connectivity index (χ3v) is 7.79. The number of anilines is 2. The predicted molar refractivity (Wildman–Crippen MR) is 166 cm³/mol. The minimum Gasteiger partial charge on any atom is -0.465 e. The highest BCUT2D eigenvalue weighted by molar-refractivity contribution is 7.80. The molecule has 9 nitrogen and oxygen atoms in total. The molecule has 1 saturated heterocycles. The Kier molecular flexibility index (Phi) is 8.37. The number of methoxy groups -OCH3 is 2. The zero-order chi connectivity index (χ0) is 30.0. The fourth-order valence-corrected chi connectivity index (χ4v) is 5.90. The van der Waals surface area contributed by atoms with Gasteiger partial charge in [0.1, 0.15) is 6.61 Å². The van der Waals surface area contributed by atoms with E-state index < -0.39 is 0 Å². The Hall–Kier alpha value is -4.54. The molecule has 42 heavy (non-hydrogen) atoms. The van der Waals surface area contributed by atoms with Crippen LogP contribution in [0.1, 0.15) is 50.7 Å². The van der Waals surface area contributed by atoms with Crippen LogP contribution in [-0.4, -0.2) is 47.4 Å². The van der Waals surface area contributed by atoms with Gasteiger partial charge in [-0.3, -0.25) is 9.78 Å². The van der Waals surface area contributed by atoms with Crippen molar-refractivity contribution in [2.75, 3.05) is 31.0 Å². The summed E-state index contributed by atoms with van der Waals surface area (Å²) in [5.74, 6) is -0.589. The molecule has 2 atom stereocenters. The molecule has 3 heterocycles. The van der Waals surface area contributed by atoms with Gasteiger partial charge < -0.3 is 29.6 Å². The highest BCUT2D eigenvalue weighted by atomic mass is 32.1. The largest absolute Gasteiger partial charge is 0.465 e. The molecule has 0 radical (unpaired) electrons. The van der Waals surface area contributed by atoms with Crippen molar-refractivity contribution in [2.45, 2.75) is 32.9 Å². The van der Waals surface area contributed by atoms with E-state index >= 15 is 0 Å². The summed E-state index contributed by atoms with van der Waals surface area (Å²) in [6, 6.07) is 20.9. The molecule has 0 bridgehead atoms. The van der Waals surface area contributed by atoms with Gasteiger partial charge in [-0.1, -0.05) is 6.07 Å². The highest BCUT2D eigenvalue weighted by Crippen LogP contribution is 2.44. The molecule has 2 aromatic heterocycles. The van der Waals surface area contributed by atoms with Crippen LogP contribution in [0.3, 0.4) is 0 Å². The lowest BCUT2D eigenvalue weighted by atomic mass is 9.96. The summed E-state index contributed by atoms with van der Waals surface area (Å²) in [4.78, 5) is 30.9. The first kappa shape index (κ1) is 29.0. The molecule has 10 heteroatoms. The highest BCUT2D eigenvalue weighted by Gasteiger charge is 2.42. The number of benzene rings is 2. The number of amides is 1. The fourth-order valence-electron chi connectivity index (χ4n) is 5.55. The Balaban J connectivity index is 1.58. The molecule has 2 unspecified atom stereocenters. The number of esters is 1. The molecule has 1 fully saturated rings. The van der Waals surface area contributed by atoms with Crippen molar-refractivity contribution in [3.8, 4) is 5.69 Å². The Morgan fingerprint density at radius 2 is 1.74 bits per heavy atom. The van der Waals surface area contributed by atoms with Gasteiger partial charge in [-0.05, 0) is 105 Å². The second-order valence-electron chi connectivity index (χ2n) is 10.2. The quantitative estimate of drug-likeness (QED) is 0.212. The molecule has 5 rings (SSSR count). The molecular formula is C32H33N5O4S. The number of nitrogens with one attached hydrogen (secondary N) is 2. The standard InChI is InChI=1S/C32H33N5O4S/c1-19-16-24(13-14-26(19)34-28(38)18-40-4)37-30(29(35-32(37)42)27-8-6-7-15-33-27)25-17-20(2)36(21(25)3)23-11-9-22(10-12-23)31(39)41-5/h6-17,29-30H,18H2,1-5H3,(H,34,38)(H,35,42). The summed E-state index contributed by atoms with van der Waals surface area (Å²) in [6.07, 6.45) is 1.79. The lowest BCUT2D eigenvalue weighted by Gasteiger charge is -2.29. The maximum atomic E-state index is 12.1. The smallest absolute Gasteiger partial charge is 0.337 e. The Morgan fingerprint density at radius 1 is 1.00 bits per heavy atom. The first-order valence-corrected chi connectivity index (χ1v) is 13.9. The molecular weight excluding hydrogens is 550 g/mol. The van der Waals surface area contributed by atoms with E-state index in [2.05, 4.69) is 45.0 Å². The van der Waals surface area contributed by atoms with Gasteiger partial charge in [0, 0.05) is 41.8 Å². The van der Waals surface area contributed by atoms with Gasteiger partial charge >= 0.3 is 5.97 Å². The molecule has 0 aliphatic carbocycles. The maximum Gasteiger partial charge on any atom is 0.337 e. The number of aryl methyl sites for hydroxylation is 2. The number of thiocarbonyl (C=S) groups is 1. The number of ether oxygens (including phenoxy) is 2. The first-order valence-electron chi connectivity index (χ1n) is 13.5. The third kappa shape index (κ3) is 5.50. The van der Waals surface area contributed by atoms with Crippen LogP contribution in [0.2, 0.25) is 0 Å². The monoisotopic (exact) mass is 583 g/mol. The van der Waals surface area contributed by atoms with Crippen molar-refractivity contribution in [2.24, 2.45) is 0 Å². The van der Waals surface area contributed by atoms with E-state index in [0.717, 1.165) is 39.6 Å². The minimum absolute atomic E-state index is 0.0177. The normalized spacial score (nSPS) is 16.3. The SMILES string of the molecule is COCC(=O)Nc1ccc(N2C(=S)NC(c3ccccn3)C2c2cc(C)n(-c3ccc(C(=O)OC)cc3)c2C)cc1C. The lowest BCUT2D eigenvalue weighted by molar-refractivity contribution is -0.119. The van der Waals surface area contributed by atoms with E-state index in [0.29, 0.717) is 16.4 Å². The van der Waals surface area contributed by atoms with Crippen LogP contribution in [0.5, 0.6) is 0 Å². The fraction of sp³-hybridized carbons (Fsp3) is 0.250. The molecule has 2 aromatic carbocycles. The van der Waals surface area contributed by atoms with Gasteiger partial charge in [0.2, 0.25) is 5.91 Å². The Labute approximate surface area is 250 Å². The first-order chi connectivity index (χ1) is 20.2. The van der Waals surface area contributed by atoms with E-state index in [9.17, 15) is 9.59 Å². The summed E-state index contributed by atoms with van der Waals surface area (Å²) in [5.41, 5.74) is 7.98. The number of pyridine rings is 1. The topological polar surface area (TPSA) is 97.7 Å². The number of aromatic nitrogens is 2. The molecule has 1 aliphatic heterocycles. The van der Waals surface area contributed by atoms with Crippen LogP contribution in [-0.2, 0) is 14.3 Å². The summed E-state index contributed by atoms with van der Waals surface area (Å²) in [5, 5.41) is 7.00. The summed E-state index contributed by atoms with van der Waals surface area (Å²) in [6.45, 7) is 6.09. The third-order valence-electron chi connectivity index (χ3n) is 7.47. The van der Waals surface area contributed by atoms with E-state index in [-0.39, 0.29) is 30.6 Å². The Bertz CT molecular complexity index is 1630. The number of carbonyl (C=O) groups is 2. The second kappa shape index (κ2) is 12.1. The van der Waals surface area contributed by atoms with Crippen molar-refractivity contribution < 1.29 is 19.1 Å². The molecule has 2 N–H and O–H groups in total. The molecule has 0 saturated carbocycles. The van der Waals surface area contributed by atoms with Crippen molar-refractivity contribution in [1.29, 1.82) is 0 Å². The van der Waals surface area contributed by atoms with Crippen molar-refractivity contribution in [3.05, 3.63) is 107 Å². The van der Waals surface area contributed by atoms with Crippen molar-refractivity contribution in [3.63, 3.8) is 0 Å². The molecule has 0 spiro atoms. The van der Waals surface area contributed by atoms with E-state index in [1.165, 1.54) is 14.2 Å². The van der Waals surface area contributed by atoms with Crippen molar-refractivity contribution >= 4 is 40.6 Å². The van der Waals surface area contributed by atoms with E-state index in [1.807, 2.05) is 55.5 Å². The summed E-state index contributed by atoms with van der Waals surface area (Å²) in [7, 11) is 2.86. The molecule has 1 aliphatic rings. The van der Waals surface area contributed by atoms with Crippen LogP contribution >= 0.6 is 12.2 Å². The summed E-state index contributed by atoms with van der Waals surface area (Å²) < 4.78 is 12.0. The van der Waals surface area contributed by atoms with Crippen LogP contribution in [0.4, 0.5) is 11.4 Å². The van der Waals surface area contributed by atoms with Gasteiger partial charge in [0.05, 0.1) is 30.5 Å². The van der Waals surface area contributed by atoms with Gasteiger partial charge in [0.25, 0.3) is 0 Å². The molecule has 1 amide bonds. The van der Waals surface area contributed by atoms with Crippen LogP contribution < -0.4 is 15.5 Å². The average molecular weight is 584 g/mol. The minimum atomic E-state index is -0.373. The Morgan fingerprint density at radius 3 is 2.38 bits per heavy atom. The second-order valence-corrected chi connectivity index (χ2v) is 10.6. The number of carbonyl (C=O) groups excluding carboxylic acids is 2. The number of rotatable bonds is 8. The van der Waals surface area contributed by atoms with Crippen LogP contribution in [0.15, 0.2) is 72.9 Å². The molecule has 4 aromatic rings. The number of hydrogen-bond acceptors (Lipinski definition) is 6. The lowest BCUT2D eigenvalue weighted by Crippen LogP contribution is -2.29. The zero-order valence-corrected chi connectivity index (χ0v) is 25.0. The van der Waals surface area contributed by atoms with Gasteiger partial charge in [0.15, 0.2) is 5.11 Å². The average Bonchev–Trinajstić information content (AvgIpc) is 3.49. The predicted octanol–water partition coefficient (Wildman–Crippen LogP) is 5.35. The van der Waals surface area contributed by atoms with Gasteiger partial charge in [-0.2, -0.15) is 0 Å². The van der Waals surface area contributed by atoms with Crippen molar-refractivity contribution in [1.82, 2.24) is 14.9 Å². The zero-order valence-electron chi connectivity index (χ0n) is 24.2. The molecule has 216 valence electrons. The number of hydrogen-bond donors (Lipinski definition) is 2. The maximum absolute atomic E-state index is 12.1. The van der Waals surface area contributed by atoms with E-state index in [1.54, 1.807) is 18.3 Å². The van der Waals surface area contributed by atoms with Gasteiger partial charge in [-0.25, -0.2) is 4.79 Å². The number of nitrogens with zero attached hydrogens (tertiary/aromatic N) is 3. The summed E-state index contributed by atoms with van der Waals surface area (Å²) >= 11 is 5.93. The van der Waals surface area contributed by atoms with Gasteiger partial charge in [-0.15, -0.1) is 0 Å². The van der Waals surface area contributed by atoms with Crippen LogP contribution in [0.25, 0.3) is 5.69 Å².